The quantitative estimate of drug-likeness (QED) is 0.333. The number of fused-ring (bicyclic) bond motifs is 1. The van der Waals surface area contributed by atoms with Crippen molar-refractivity contribution in [1.29, 1.82) is 0 Å². The highest BCUT2D eigenvalue weighted by atomic mass is 35.5. The van der Waals surface area contributed by atoms with Gasteiger partial charge in [-0.25, -0.2) is 9.82 Å². The summed E-state index contributed by atoms with van der Waals surface area (Å²) in [6, 6.07) is 15.8. The SMILES string of the molecule is Cc1cc(/C=N/NC(=O)COc2cccc3cccnc23)c(C)n1-c1ccc(F)c(Cl)c1. The van der Waals surface area contributed by atoms with Crippen molar-refractivity contribution in [1.82, 2.24) is 15.0 Å². The number of carbonyl (C=O) groups excluding carboxylic acids is 1. The zero-order chi connectivity index (χ0) is 22.7. The van der Waals surface area contributed by atoms with Crippen LogP contribution in [-0.2, 0) is 4.79 Å². The smallest absolute Gasteiger partial charge is 0.277 e. The Morgan fingerprint density at radius 3 is 2.84 bits per heavy atom. The first-order chi connectivity index (χ1) is 15.4. The van der Waals surface area contributed by atoms with E-state index in [1.807, 2.05) is 48.7 Å². The molecule has 8 heteroatoms. The molecule has 0 saturated carbocycles. The fraction of sp³-hybridized carbons (Fsp3) is 0.125. The summed E-state index contributed by atoms with van der Waals surface area (Å²) in [7, 11) is 0. The maximum Gasteiger partial charge on any atom is 0.277 e. The Bertz CT molecular complexity index is 1330. The third-order valence-electron chi connectivity index (χ3n) is 4.98. The minimum Gasteiger partial charge on any atom is -0.481 e. The number of nitrogens with one attached hydrogen (secondary N) is 1. The van der Waals surface area contributed by atoms with E-state index >= 15 is 0 Å². The number of nitrogens with zero attached hydrogens (tertiary/aromatic N) is 3. The number of halogens is 2. The van der Waals surface area contributed by atoms with Crippen LogP contribution < -0.4 is 10.2 Å². The van der Waals surface area contributed by atoms with Gasteiger partial charge in [-0.05, 0) is 50.2 Å². The Morgan fingerprint density at radius 1 is 1.22 bits per heavy atom. The van der Waals surface area contributed by atoms with E-state index in [9.17, 15) is 9.18 Å². The lowest BCUT2D eigenvalue weighted by Gasteiger charge is -2.10. The summed E-state index contributed by atoms with van der Waals surface area (Å²) >= 11 is 5.92. The predicted octanol–water partition coefficient (Wildman–Crippen LogP) is 4.96. The monoisotopic (exact) mass is 450 g/mol. The Kier molecular flexibility index (Phi) is 6.18. The lowest BCUT2D eigenvalue weighted by atomic mass is 10.2. The van der Waals surface area contributed by atoms with E-state index in [0.29, 0.717) is 11.3 Å². The van der Waals surface area contributed by atoms with Gasteiger partial charge < -0.3 is 9.30 Å². The molecular weight excluding hydrogens is 431 g/mol. The maximum absolute atomic E-state index is 13.5. The zero-order valence-corrected chi connectivity index (χ0v) is 18.2. The average molecular weight is 451 g/mol. The van der Waals surface area contributed by atoms with Crippen molar-refractivity contribution in [3.63, 3.8) is 0 Å². The van der Waals surface area contributed by atoms with Crippen molar-refractivity contribution in [2.45, 2.75) is 13.8 Å². The van der Waals surface area contributed by atoms with Crippen LogP contribution in [0, 0.1) is 19.7 Å². The van der Waals surface area contributed by atoms with Crippen LogP contribution in [0.5, 0.6) is 5.75 Å². The molecule has 1 N–H and O–H groups in total. The number of hydrogen-bond donors (Lipinski definition) is 1. The summed E-state index contributed by atoms with van der Waals surface area (Å²) in [5.74, 6) is -0.332. The largest absolute Gasteiger partial charge is 0.481 e. The molecule has 1 amide bonds. The number of rotatable bonds is 6. The number of ether oxygens (including phenoxy) is 1. The molecule has 0 bridgehead atoms. The zero-order valence-electron chi connectivity index (χ0n) is 17.5. The fourth-order valence-electron chi connectivity index (χ4n) is 3.48. The van der Waals surface area contributed by atoms with Crippen LogP contribution >= 0.6 is 11.6 Å². The first kappa shape index (κ1) is 21.5. The first-order valence-electron chi connectivity index (χ1n) is 9.87. The summed E-state index contributed by atoms with van der Waals surface area (Å²) in [5.41, 5.74) is 6.51. The van der Waals surface area contributed by atoms with Crippen LogP contribution in [-0.4, -0.2) is 28.3 Å². The van der Waals surface area contributed by atoms with E-state index < -0.39 is 11.7 Å². The van der Waals surface area contributed by atoms with Crippen molar-refractivity contribution in [3.05, 3.63) is 88.6 Å². The number of pyridine rings is 1. The van der Waals surface area contributed by atoms with Crippen LogP contribution in [0.4, 0.5) is 4.39 Å². The number of aromatic nitrogens is 2. The Hall–Kier alpha value is -3.71. The maximum atomic E-state index is 13.5. The van der Waals surface area contributed by atoms with Gasteiger partial charge in [0.2, 0.25) is 0 Å². The third kappa shape index (κ3) is 4.48. The first-order valence-corrected chi connectivity index (χ1v) is 10.2. The molecule has 162 valence electrons. The number of amides is 1. The number of hydrazone groups is 1. The van der Waals surface area contributed by atoms with Gasteiger partial charge >= 0.3 is 0 Å². The van der Waals surface area contributed by atoms with Gasteiger partial charge in [-0.1, -0.05) is 29.8 Å². The van der Waals surface area contributed by atoms with Gasteiger partial charge in [-0.15, -0.1) is 0 Å². The molecule has 0 fully saturated rings. The minimum atomic E-state index is -0.469. The molecule has 0 aliphatic rings. The van der Waals surface area contributed by atoms with Crippen molar-refractivity contribution in [3.8, 4) is 11.4 Å². The van der Waals surface area contributed by atoms with Gasteiger partial charge in [0.1, 0.15) is 17.1 Å². The Labute approximate surface area is 189 Å². The third-order valence-corrected chi connectivity index (χ3v) is 5.27. The van der Waals surface area contributed by atoms with Crippen molar-refractivity contribution >= 4 is 34.6 Å². The normalized spacial score (nSPS) is 11.2. The summed E-state index contributed by atoms with van der Waals surface area (Å²) in [5, 5.41) is 5.02. The molecule has 0 aliphatic heterocycles. The predicted molar refractivity (Wildman–Crippen MR) is 123 cm³/mol. The highest BCUT2D eigenvalue weighted by Gasteiger charge is 2.11. The highest BCUT2D eigenvalue weighted by Crippen LogP contribution is 2.24. The highest BCUT2D eigenvalue weighted by molar-refractivity contribution is 6.30. The summed E-state index contributed by atoms with van der Waals surface area (Å²) in [6.07, 6.45) is 3.23. The molecule has 0 aliphatic carbocycles. The van der Waals surface area contributed by atoms with Gasteiger partial charge in [0, 0.05) is 34.2 Å². The standard InChI is InChI=1S/C24H20ClFN4O2/c1-15-11-18(16(2)30(15)19-8-9-21(26)20(25)12-19)13-28-29-23(31)14-32-22-7-3-5-17-6-4-10-27-24(17)22/h3-13H,14H2,1-2H3,(H,29,31)/b28-13+. The van der Waals surface area contributed by atoms with E-state index in [2.05, 4.69) is 15.5 Å². The second-order valence-corrected chi connectivity index (χ2v) is 7.58. The molecule has 0 spiro atoms. The van der Waals surface area contributed by atoms with Crippen molar-refractivity contribution in [2.24, 2.45) is 5.10 Å². The van der Waals surface area contributed by atoms with E-state index in [0.717, 1.165) is 28.0 Å². The molecule has 0 radical (unpaired) electrons. The van der Waals surface area contributed by atoms with Crippen LogP contribution in [0.3, 0.4) is 0 Å². The summed E-state index contributed by atoms with van der Waals surface area (Å²) in [4.78, 5) is 16.5. The molecule has 4 rings (SSSR count). The topological polar surface area (TPSA) is 68.5 Å². The lowest BCUT2D eigenvalue weighted by Crippen LogP contribution is -2.24. The number of aryl methyl sites for hydroxylation is 1. The molecule has 0 unspecified atom stereocenters. The van der Waals surface area contributed by atoms with Gasteiger partial charge in [0.15, 0.2) is 6.61 Å². The van der Waals surface area contributed by atoms with Crippen LogP contribution in [0.15, 0.2) is 65.9 Å². The van der Waals surface area contributed by atoms with Crippen LogP contribution in [0.1, 0.15) is 17.0 Å². The average Bonchev–Trinajstić information content (AvgIpc) is 3.07. The molecule has 4 aromatic rings. The molecule has 32 heavy (non-hydrogen) atoms. The van der Waals surface area contributed by atoms with Crippen molar-refractivity contribution in [2.75, 3.05) is 6.61 Å². The summed E-state index contributed by atoms with van der Waals surface area (Å²) < 4.78 is 21.0. The number of hydrogen-bond acceptors (Lipinski definition) is 4. The second-order valence-electron chi connectivity index (χ2n) is 7.17. The molecular formula is C24H20ClFN4O2. The van der Waals surface area contributed by atoms with E-state index in [1.165, 1.54) is 6.07 Å². The van der Waals surface area contributed by atoms with Gasteiger partial charge in [-0.2, -0.15) is 5.10 Å². The summed E-state index contributed by atoms with van der Waals surface area (Å²) in [6.45, 7) is 3.64. The molecule has 2 heterocycles. The molecule has 2 aromatic heterocycles. The van der Waals surface area contributed by atoms with Crippen molar-refractivity contribution < 1.29 is 13.9 Å². The Balaban J connectivity index is 1.41. The lowest BCUT2D eigenvalue weighted by molar-refractivity contribution is -0.123. The van der Waals surface area contributed by atoms with Gasteiger partial charge in [0.05, 0.1) is 11.2 Å². The number of para-hydroxylation sites is 1. The molecule has 2 aromatic carbocycles. The van der Waals surface area contributed by atoms with E-state index in [1.54, 1.807) is 30.6 Å². The molecule has 0 saturated heterocycles. The molecule has 0 atom stereocenters. The molecule has 6 nitrogen and oxygen atoms in total. The van der Waals surface area contributed by atoms with Crippen LogP contribution in [0.2, 0.25) is 5.02 Å². The second kappa shape index (κ2) is 9.20. The fourth-order valence-corrected chi connectivity index (χ4v) is 3.66. The van der Waals surface area contributed by atoms with Gasteiger partial charge in [-0.3, -0.25) is 9.78 Å². The van der Waals surface area contributed by atoms with E-state index in [-0.39, 0.29) is 11.6 Å². The number of benzene rings is 2. The Morgan fingerprint density at radius 2 is 2.03 bits per heavy atom. The minimum absolute atomic E-state index is 0.0545. The van der Waals surface area contributed by atoms with E-state index in [4.69, 9.17) is 16.3 Å². The van der Waals surface area contributed by atoms with Crippen LogP contribution in [0.25, 0.3) is 16.6 Å². The van der Waals surface area contributed by atoms with Gasteiger partial charge in [0.25, 0.3) is 5.91 Å². The number of carbonyl (C=O) groups is 1.